The highest BCUT2D eigenvalue weighted by Crippen LogP contribution is 2.25. The van der Waals surface area contributed by atoms with Crippen LogP contribution in [0.3, 0.4) is 0 Å². The monoisotopic (exact) mass is 267 g/mol. The summed E-state index contributed by atoms with van der Waals surface area (Å²) in [6, 6.07) is 0.200. The Kier molecular flexibility index (Phi) is 4.35. The van der Waals surface area contributed by atoms with Crippen LogP contribution in [-0.2, 0) is 11.3 Å². The molecule has 1 amide bonds. The van der Waals surface area contributed by atoms with Gasteiger partial charge in [-0.15, -0.1) is 11.3 Å². The first-order chi connectivity index (χ1) is 8.58. The topological polar surface area (TPSA) is 59.2 Å². The fourth-order valence-electron chi connectivity index (χ4n) is 2.53. The second kappa shape index (κ2) is 5.80. The fourth-order valence-corrected chi connectivity index (χ4v) is 3.36. The molecule has 100 valence electrons. The first-order valence-corrected chi connectivity index (χ1v) is 7.35. The Morgan fingerprint density at radius 3 is 3.00 bits per heavy atom. The van der Waals surface area contributed by atoms with Gasteiger partial charge in [-0.05, 0) is 26.2 Å². The molecule has 0 aromatic carbocycles. The van der Waals surface area contributed by atoms with Crippen LogP contribution in [-0.4, -0.2) is 28.9 Å². The molecule has 18 heavy (non-hydrogen) atoms. The maximum atomic E-state index is 12.3. The molecule has 2 atom stereocenters. The predicted molar refractivity (Wildman–Crippen MR) is 73.3 cm³/mol. The molecular formula is C13H21N3OS. The molecule has 1 aliphatic carbocycles. The van der Waals surface area contributed by atoms with Gasteiger partial charge in [0, 0.05) is 23.9 Å². The van der Waals surface area contributed by atoms with E-state index in [1.54, 1.807) is 11.3 Å². The zero-order chi connectivity index (χ0) is 13.1. The Labute approximate surface area is 112 Å². The number of aromatic nitrogens is 1. The quantitative estimate of drug-likeness (QED) is 0.910. The van der Waals surface area contributed by atoms with E-state index in [2.05, 4.69) is 4.98 Å². The van der Waals surface area contributed by atoms with Crippen molar-refractivity contribution >= 4 is 17.2 Å². The van der Waals surface area contributed by atoms with Gasteiger partial charge in [0.15, 0.2) is 0 Å². The van der Waals surface area contributed by atoms with Crippen LogP contribution in [0.25, 0.3) is 0 Å². The van der Waals surface area contributed by atoms with E-state index in [4.69, 9.17) is 5.73 Å². The van der Waals surface area contributed by atoms with Crippen molar-refractivity contribution in [3.63, 3.8) is 0 Å². The summed E-state index contributed by atoms with van der Waals surface area (Å²) >= 11 is 1.61. The van der Waals surface area contributed by atoms with Crippen molar-refractivity contribution in [2.24, 2.45) is 11.7 Å². The van der Waals surface area contributed by atoms with Gasteiger partial charge in [0.05, 0.1) is 17.7 Å². The van der Waals surface area contributed by atoms with Gasteiger partial charge < -0.3 is 10.6 Å². The zero-order valence-electron chi connectivity index (χ0n) is 11.1. The molecule has 0 bridgehead atoms. The summed E-state index contributed by atoms with van der Waals surface area (Å²) in [6.45, 7) is 2.65. The highest BCUT2D eigenvalue weighted by atomic mass is 32.1. The third-order valence-electron chi connectivity index (χ3n) is 3.67. The number of carbonyl (C=O) groups excluding carboxylic acids is 1. The second-order valence-corrected chi connectivity index (χ2v) is 6.12. The molecule has 1 aromatic heterocycles. The van der Waals surface area contributed by atoms with Crippen LogP contribution in [0.15, 0.2) is 5.51 Å². The molecule has 0 saturated heterocycles. The van der Waals surface area contributed by atoms with Gasteiger partial charge >= 0.3 is 0 Å². The van der Waals surface area contributed by atoms with E-state index >= 15 is 0 Å². The number of nitrogens with two attached hydrogens (primary N) is 1. The van der Waals surface area contributed by atoms with Gasteiger partial charge in [-0.2, -0.15) is 0 Å². The summed E-state index contributed by atoms with van der Waals surface area (Å²) in [5, 5.41) is 0. The van der Waals surface area contributed by atoms with Crippen molar-refractivity contribution in [1.29, 1.82) is 0 Å². The Hall–Kier alpha value is -0.940. The Morgan fingerprint density at radius 2 is 2.39 bits per heavy atom. The van der Waals surface area contributed by atoms with E-state index in [1.165, 1.54) is 4.88 Å². The number of hydrogen-bond acceptors (Lipinski definition) is 4. The van der Waals surface area contributed by atoms with Crippen LogP contribution in [0.2, 0.25) is 0 Å². The van der Waals surface area contributed by atoms with Gasteiger partial charge in [0.1, 0.15) is 0 Å². The van der Waals surface area contributed by atoms with Crippen LogP contribution >= 0.6 is 11.3 Å². The summed E-state index contributed by atoms with van der Waals surface area (Å²) < 4.78 is 0. The van der Waals surface area contributed by atoms with Gasteiger partial charge in [-0.1, -0.05) is 6.42 Å². The van der Waals surface area contributed by atoms with Crippen molar-refractivity contribution in [1.82, 2.24) is 9.88 Å². The lowest BCUT2D eigenvalue weighted by Crippen LogP contribution is -2.38. The number of carbonyl (C=O) groups is 1. The molecule has 1 fully saturated rings. The van der Waals surface area contributed by atoms with Gasteiger partial charge in [0.25, 0.3) is 0 Å². The number of amides is 1. The van der Waals surface area contributed by atoms with Crippen LogP contribution in [0.5, 0.6) is 0 Å². The largest absolute Gasteiger partial charge is 0.340 e. The van der Waals surface area contributed by atoms with Crippen LogP contribution < -0.4 is 5.73 Å². The first-order valence-electron chi connectivity index (χ1n) is 6.47. The van der Waals surface area contributed by atoms with E-state index in [0.717, 1.165) is 31.4 Å². The van der Waals surface area contributed by atoms with E-state index in [0.29, 0.717) is 6.54 Å². The first kappa shape index (κ1) is 13.5. The molecule has 0 aliphatic heterocycles. The molecule has 0 spiro atoms. The maximum Gasteiger partial charge on any atom is 0.225 e. The Bertz CT molecular complexity index is 418. The van der Waals surface area contributed by atoms with Crippen molar-refractivity contribution in [2.45, 2.75) is 45.2 Å². The predicted octanol–water partition coefficient (Wildman–Crippen LogP) is 1.93. The van der Waals surface area contributed by atoms with Gasteiger partial charge in [0.2, 0.25) is 5.91 Å². The molecule has 0 radical (unpaired) electrons. The van der Waals surface area contributed by atoms with Crippen LogP contribution in [0, 0.1) is 12.8 Å². The summed E-state index contributed by atoms with van der Waals surface area (Å²) in [7, 11) is 1.88. The molecular weight excluding hydrogens is 246 g/mol. The van der Waals surface area contributed by atoms with Crippen LogP contribution in [0.4, 0.5) is 0 Å². The summed E-state index contributed by atoms with van der Waals surface area (Å²) in [5.74, 6) is 0.352. The van der Waals surface area contributed by atoms with Gasteiger partial charge in [-0.3, -0.25) is 4.79 Å². The van der Waals surface area contributed by atoms with Crippen molar-refractivity contribution in [3.8, 4) is 0 Å². The minimum absolute atomic E-state index is 0.118. The summed E-state index contributed by atoms with van der Waals surface area (Å²) in [4.78, 5) is 19.5. The lowest BCUT2D eigenvalue weighted by molar-refractivity contribution is -0.135. The van der Waals surface area contributed by atoms with Crippen molar-refractivity contribution in [2.75, 3.05) is 7.05 Å². The van der Waals surface area contributed by atoms with Crippen LogP contribution in [0.1, 0.15) is 36.3 Å². The highest BCUT2D eigenvalue weighted by Gasteiger charge is 2.27. The fraction of sp³-hybridized carbons (Fsp3) is 0.692. The van der Waals surface area contributed by atoms with Crippen molar-refractivity contribution < 1.29 is 4.79 Å². The number of aryl methyl sites for hydroxylation is 1. The average molecular weight is 267 g/mol. The number of rotatable bonds is 3. The minimum Gasteiger partial charge on any atom is -0.340 e. The highest BCUT2D eigenvalue weighted by molar-refractivity contribution is 7.09. The minimum atomic E-state index is 0.118. The second-order valence-electron chi connectivity index (χ2n) is 5.18. The molecule has 4 nitrogen and oxygen atoms in total. The third kappa shape index (κ3) is 3.09. The molecule has 5 heteroatoms. The number of nitrogens with zero attached hydrogens (tertiary/aromatic N) is 2. The number of hydrogen-bond donors (Lipinski definition) is 1. The Morgan fingerprint density at radius 1 is 1.61 bits per heavy atom. The van der Waals surface area contributed by atoms with Gasteiger partial charge in [-0.25, -0.2) is 4.98 Å². The average Bonchev–Trinajstić information content (AvgIpc) is 2.74. The van der Waals surface area contributed by atoms with E-state index < -0.39 is 0 Å². The van der Waals surface area contributed by atoms with E-state index in [-0.39, 0.29) is 17.9 Å². The Balaban J connectivity index is 1.94. The zero-order valence-corrected chi connectivity index (χ0v) is 11.9. The lowest BCUT2D eigenvalue weighted by Gasteiger charge is -2.29. The molecule has 1 aromatic rings. The third-order valence-corrected chi connectivity index (χ3v) is 4.59. The van der Waals surface area contributed by atoms with E-state index in [9.17, 15) is 4.79 Å². The normalized spacial score (nSPS) is 23.9. The lowest BCUT2D eigenvalue weighted by atomic mass is 9.85. The summed E-state index contributed by atoms with van der Waals surface area (Å²) in [5.41, 5.74) is 8.81. The maximum absolute atomic E-state index is 12.3. The van der Waals surface area contributed by atoms with Crippen molar-refractivity contribution in [3.05, 3.63) is 16.1 Å². The molecule has 2 N–H and O–H groups in total. The molecule has 1 aliphatic rings. The molecule has 2 rings (SSSR count). The standard InChI is InChI=1S/C13H21N3OS/c1-9-12(18-8-15-9)7-16(2)13(17)10-4-3-5-11(14)6-10/h8,10-11H,3-7,14H2,1-2H3/t10-,11-/m0/s1. The molecule has 0 unspecified atom stereocenters. The SMILES string of the molecule is Cc1ncsc1CN(C)C(=O)[C@H]1CCC[C@H](N)C1. The molecule has 1 heterocycles. The van der Waals surface area contributed by atoms with E-state index in [1.807, 2.05) is 24.4 Å². The molecule has 1 saturated carbocycles. The smallest absolute Gasteiger partial charge is 0.225 e. The summed E-state index contributed by atoms with van der Waals surface area (Å²) in [6.07, 6.45) is 3.95. The number of thiazole rings is 1.